The van der Waals surface area contributed by atoms with Crippen molar-refractivity contribution in [2.24, 2.45) is 0 Å². The van der Waals surface area contributed by atoms with Crippen molar-refractivity contribution in [3.63, 3.8) is 0 Å². The summed E-state index contributed by atoms with van der Waals surface area (Å²) in [5, 5.41) is 11.5. The molecule has 3 aromatic carbocycles. The predicted molar refractivity (Wildman–Crippen MR) is 144 cm³/mol. The molecule has 0 radical (unpaired) electrons. The fourth-order valence-corrected chi connectivity index (χ4v) is 6.40. The first-order valence-electron chi connectivity index (χ1n) is 12.9. The predicted octanol–water partition coefficient (Wildman–Crippen LogP) is 5.64. The van der Waals surface area contributed by atoms with Crippen molar-refractivity contribution in [2.75, 3.05) is 10.8 Å². The number of alkyl halides is 3. The van der Waals surface area contributed by atoms with E-state index in [9.17, 15) is 31.2 Å². The molecule has 11 heteroatoms. The number of nitrogens with zero attached hydrogens (tertiary/aromatic N) is 1. The first kappa shape index (κ1) is 29.1. The molecule has 0 aromatic heterocycles. The van der Waals surface area contributed by atoms with Crippen LogP contribution in [0, 0.1) is 0 Å². The SMILES string of the molecule is O=C(O)CCCCCCNC(=O)[C@@H]1Cc2ccccc2N1S(=O)(=O)c1ccc(-c2cccc(C(F)(F)F)c2)cc1. The third kappa shape index (κ3) is 6.64. The van der Waals surface area contributed by atoms with E-state index in [1.807, 2.05) is 0 Å². The largest absolute Gasteiger partial charge is 0.481 e. The molecule has 1 heterocycles. The highest BCUT2D eigenvalue weighted by Crippen LogP contribution is 2.38. The number of carbonyl (C=O) groups excluding carboxylic acids is 1. The van der Waals surface area contributed by atoms with Gasteiger partial charge >= 0.3 is 12.1 Å². The van der Waals surface area contributed by atoms with Crippen LogP contribution in [0.5, 0.6) is 0 Å². The molecule has 1 aliphatic rings. The Kier molecular flexibility index (Phi) is 8.82. The van der Waals surface area contributed by atoms with Crippen LogP contribution in [0.3, 0.4) is 0 Å². The molecular weight excluding hydrogens is 545 g/mol. The highest BCUT2D eigenvalue weighted by Gasteiger charge is 2.42. The number of carbonyl (C=O) groups is 2. The van der Waals surface area contributed by atoms with Crippen molar-refractivity contribution < 1.29 is 36.3 Å². The van der Waals surface area contributed by atoms with E-state index in [0.717, 1.165) is 22.9 Å². The summed E-state index contributed by atoms with van der Waals surface area (Å²) in [6.45, 7) is 0.332. The molecule has 7 nitrogen and oxygen atoms in total. The topological polar surface area (TPSA) is 104 Å². The van der Waals surface area contributed by atoms with Gasteiger partial charge in [0.15, 0.2) is 0 Å². The lowest BCUT2D eigenvalue weighted by molar-refractivity contribution is -0.138. The van der Waals surface area contributed by atoms with Crippen LogP contribution in [0.2, 0.25) is 0 Å². The van der Waals surface area contributed by atoms with Gasteiger partial charge in [0.05, 0.1) is 16.1 Å². The number of unbranched alkanes of at least 4 members (excludes halogenated alkanes) is 3. The van der Waals surface area contributed by atoms with Gasteiger partial charge < -0.3 is 10.4 Å². The number of fused-ring (bicyclic) bond motifs is 1. The number of anilines is 1. The Hall–Kier alpha value is -3.86. The Bertz CT molecular complexity index is 1470. The van der Waals surface area contributed by atoms with Crippen molar-refractivity contribution >= 4 is 27.6 Å². The van der Waals surface area contributed by atoms with E-state index in [0.29, 0.717) is 48.2 Å². The van der Waals surface area contributed by atoms with Gasteiger partial charge in [-0.25, -0.2) is 8.42 Å². The van der Waals surface area contributed by atoms with E-state index in [4.69, 9.17) is 5.11 Å². The summed E-state index contributed by atoms with van der Waals surface area (Å²) in [6.07, 6.45) is -1.57. The average molecular weight is 575 g/mol. The maximum atomic E-state index is 13.8. The van der Waals surface area contributed by atoms with Crippen LogP contribution in [0.15, 0.2) is 77.7 Å². The molecule has 2 N–H and O–H groups in total. The van der Waals surface area contributed by atoms with Crippen LogP contribution < -0.4 is 9.62 Å². The quantitative estimate of drug-likeness (QED) is 0.289. The van der Waals surface area contributed by atoms with Crippen molar-refractivity contribution in [2.45, 2.75) is 55.6 Å². The summed E-state index contributed by atoms with van der Waals surface area (Å²) < 4.78 is 68.1. The zero-order valence-electron chi connectivity index (χ0n) is 21.5. The molecule has 1 amide bonds. The van der Waals surface area contributed by atoms with Gasteiger partial charge in [0.25, 0.3) is 10.0 Å². The maximum absolute atomic E-state index is 13.8. The van der Waals surface area contributed by atoms with Crippen molar-refractivity contribution in [1.82, 2.24) is 5.32 Å². The first-order chi connectivity index (χ1) is 19.0. The van der Waals surface area contributed by atoms with E-state index >= 15 is 0 Å². The molecule has 212 valence electrons. The molecule has 0 fully saturated rings. The number of para-hydroxylation sites is 1. The van der Waals surface area contributed by atoms with Crippen molar-refractivity contribution in [1.29, 1.82) is 0 Å². The van der Waals surface area contributed by atoms with Crippen LogP contribution in [0.25, 0.3) is 11.1 Å². The standard InChI is InChI=1S/C29H29F3N2O5S/c30-29(31,32)23-10-7-9-21(18-23)20-13-15-24(16-14-20)40(38,39)34-25-11-5-4-8-22(25)19-26(34)28(37)33-17-6-2-1-3-12-27(35)36/h4-5,7-11,13-16,18,26H,1-3,6,12,17,19H2,(H,33,37)(H,35,36)/t26-/m0/s1. The van der Waals surface area contributed by atoms with Gasteiger partial charge in [0.1, 0.15) is 6.04 Å². The second-order valence-corrected chi connectivity index (χ2v) is 11.4. The molecule has 4 rings (SSSR count). The molecule has 0 spiro atoms. The Morgan fingerprint density at radius 3 is 2.30 bits per heavy atom. The average Bonchev–Trinajstić information content (AvgIpc) is 3.33. The molecule has 0 saturated carbocycles. The zero-order chi connectivity index (χ0) is 28.9. The lowest BCUT2D eigenvalue weighted by Crippen LogP contribution is -2.48. The number of sulfonamides is 1. The van der Waals surface area contributed by atoms with Gasteiger partial charge in [-0.05, 0) is 59.9 Å². The minimum absolute atomic E-state index is 0.0869. The first-order valence-corrected chi connectivity index (χ1v) is 14.3. The number of carboxylic acids is 1. The molecule has 0 saturated heterocycles. The van der Waals surface area contributed by atoms with Crippen LogP contribution in [0.1, 0.15) is 43.2 Å². The number of benzene rings is 3. The van der Waals surface area contributed by atoms with E-state index in [1.165, 1.54) is 36.4 Å². The highest BCUT2D eigenvalue weighted by atomic mass is 32.2. The van der Waals surface area contributed by atoms with Gasteiger partial charge in [0.2, 0.25) is 5.91 Å². The van der Waals surface area contributed by atoms with E-state index in [1.54, 1.807) is 24.3 Å². The number of rotatable bonds is 11. The fourth-order valence-electron chi connectivity index (χ4n) is 4.75. The van der Waals surface area contributed by atoms with Gasteiger partial charge in [-0.2, -0.15) is 13.2 Å². The van der Waals surface area contributed by atoms with Crippen LogP contribution in [-0.4, -0.2) is 38.0 Å². The molecule has 0 aliphatic carbocycles. The van der Waals surface area contributed by atoms with Crippen molar-refractivity contribution in [3.05, 3.63) is 83.9 Å². The molecule has 40 heavy (non-hydrogen) atoms. The number of hydrogen-bond donors (Lipinski definition) is 2. The van der Waals surface area contributed by atoms with Crippen LogP contribution >= 0.6 is 0 Å². The second-order valence-electron chi connectivity index (χ2n) is 9.60. The molecule has 3 aromatic rings. The lowest BCUT2D eigenvalue weighted by Gasteiger charge is -2.26. The second kappa shape index (κ2) is 12.1. The summed E-state index contributed by atoms with van der Waals surface area (Å²) >= 11 is 0. The minimum Gasteiger partial charge on any atom is -0.481 e. The molecule has 0 unspecified atom stereocenters. The van der Waals surface area contributed by atoms with Crippen LogP contribution in [0.4, 0.5) is 18.9 Å². The van der Waals surface area contributed by atoms with Gasteiger partial charge in [-0.1, -0.05) is 55.3 Å². The number of hydrogen-bond acceptors (Lipinski definition) is 4. The van der Waals surface area contributed by atoms with Crippen molar-refractivity contribution in [3.8, 4) is 11.1 Å². The number of amides is 1. The normalized spacial score (nSPS) is 15.1. The minimum atomic E-state index is -4.50. The molecule has 0 bridgehead atoms. The fraction of sp³-hybridized carbons (Fsp3) is 0.310. The monoisotopic (exact) mass is 574 g/mol. The number of halogens is 3. The number of carboxylic acid groups (broad SMARTS) is 1. The van der Waals surface area contributed by atoms with E-state index in [2.05, 4.69) is 5.32 Å². The zero-order valence-corrected chi connectivity index (χ0v) is 22.3. The molecule has 1 aliphatic heterocycles. The summed E-state index contributed by atoms with van der Waals surface area (Å²) in [6, 6.07) is 16.2. The lowest BCUT2D eigenvalue weighted by atomic mass is 10.0. The Balaban J connectivity index is 1.51. The Morgan fingerprint density at radius 2 is 1.60 bits per heavy atom. The third-order valence-electron chi connectivity index (χ3n) is 6.78. The number of aliphatic carboxylic acids is 1. The Morgan fingerprint density at radius 1 is 0.900 bits per heavy atom. The van der Waals surface area contributed by atoms with E-state index < -0.39 is 39.7 Å². The van der Waals surface area contributed by atoms with Gasteiger partial charge in [0, 0.05) is 19.4 Å². The Labute approximate surface area is 230 Å². The van der Waals surface area contributed by atoms with Gasteiger partial charge in [-0.15, -0.1) is 0 Å². The summed E-state index contributed by atoms with van der Waals surface area (Å²) in [5.41, 5.74) is 1.03. The molecule has 1 atom stereocenters. The third-order valence-corrected chi connectivity index (χ3v) is 8.62. The van der Waals surface area contributed by atoms with E-state index in [-0.39, 0.29) is 17.7 Å². The number of nitrogens with one attached hydrogen (secondary N) is 1. The van der Waals surface area contributed by atoms with Crippen LogP contribution in [-0.2, 0) is 32.2 Å². The summed E-state index contributed by atoms with van der Waals surface area (Å²) in [7, 11) is -4.19. The molecular formula is C29H29F3N2O5S. The maximum Gasteiger partial charge on any atom is 0.416 e. The smallest absolute Gasteiger partial charge is 0.416 e. The summed E-state index contributed by atoms with van der Waals surface area (Å²) in [5.74, 6) is -1.29. The summed E-state index contributed by atoms with van der Waals surface area (Å²) in [4.78, 5) is 23.7. The van der Waals surface area contributed by atoms with Gasteiger partial charge in [-0.3, -0.25) is 13.9 Å². The highest BCUT2D eigenvalue weighted by molar-refractivity contribution is 7.93.